The van der Waals surface area contributed by atoms with Gasteiger partial charge in [0.25, 0.3) is 0 Å². The minimum Gasteiger partial charge on any atom is -0.463 e. The molecule has 0 unspecified atom stereocenters. The maximum atomic E-state index is 11.5. The van der Waals surface area contributed by atoms with Gasteiger partial charge in [-0.3, -0.25) is 10.1 Å². The van der Waals surface area contributed by atoms with Crippen LogP contribution in [0.2, 0.25) is 0 Å². The maximum absolute atomic E-state index is 11.5. The number of carbonyl (C=O) groups excluding carboxylic acids is 2. The molecule has 1 aromatic rings. The second kappa shape index (κ2) is 8.47. The third-order valence-corrected chi connectivity index (χ3v) is 3.03. The van der Waals surface area contributed by atoms with Crippen molar-refractivity contribution in [3.05, 3.63) is 5.01 Å². The van der Waals surface area contributed by atoms with Crippen LogP contribution in [0.5, 0.6) is 0 Å². The molecule has 2 N–H and O–H groups in total. The highest BCUT2D eigenvalue weighted by Gasteiger charge is 2.09. The number of urea groups is 1. The molecule has 0 radical (unpaired) electrons. The zero-order valence-electron chi connectivity index (χ0n) is 11.9. The van der Waals surface area contributed by atoms with E-state index in [1.165, 1.54) is 11.3 Å². The third kappa shape index (κ3) is 6.46. The van der Waals surface area contributed by atoms with Crippen LogP contribution in [-0.4, -0.2) is 34.8 Å². The van der Waals surface area contributed by atoms with E-state index in [0.717, 1.165) is 17.8 Å². The van der Waals surface area contributed by atoms with Crippen LogP contribution in [0.15, 0.2) is 0 Å². The highest BCUT2D eigenvalue weighted by atomic mass is 32.1. The van der Waals surface area contributed by atoms with Gasteiger partial charge in [0.15, 0.2) is 0 Å². The summed E-state index contributed by atoms with van der Waals surface area (Å²) in [7, 11) is 0. The minimum atomic E-state index is -0.401. The van der Waals surface area contributed by atoms with Crippen LogP contribution in [0.4, 0.5) is 9.93 Å². The summed E-state index contributed by atoms with van der Waals surface area (Å²) in [5.41, 5.74) is 0. The number of esters is 1. The van der Waals surface area contributed by atoms with Crippen molar-refractivity contribution in [2.45, 2.75) is 46.1 Å². The van der Waals surface area contributed by atoms with Gasteiger partial charge in [-0.05, 0) is 20.3 Å². The zero-order chi connectivity index (χ0) is 15.0. The summed E-state index contributed by atoms with van der Waals surface area (Å²) in [5, 5.41) is 14.3. The van der Waals surface area contributed by atoms with E-state index in [9.17, 15) is 9.59 Å². The average molecular weight is 300 g/mol. The lowest BCUT2D eigenvalue weighted by Gasteiger charge is -2.08. The van der Waals surface area contributed by atoms with E-state index in [2.05, 4.69) is 27.8 Å². The number of nitrogens with zero attached hydrogens (tertiary/aromatic N) is 2. The predicted molar refractivity (Wildman–Crippen MR) is 76.8 cm³/mol. The number of anilines is 1. The molecule has 8 heteroatoms. The van der Waals surface area contributed by atoms with E-state index in [1.54, 1.807) is 13.8 Å². The Morgan fingerprint density at radius 2 is 2.10 bits per heavy atom. The lowest BCUT2D eigenvalue weighted by molar-refractivity contribution is -0.147. The number of hydrogen-bond acceptors (Lipinski definition) is 6. The zero-order valence-corrected chi connectivity index (χ0v) is 12.7. The molecule has 0 bridgehead atoms. The Morgan fingerprint density at radius 3 is 2.75 bits per heavy atom. The van der Waals surface area contributed by atoms with Crippen LogP contribution in [0.3, 0.4) is 0 Å². The number of rotatable bonds is 7. The SMILES string of the molecule is CCCc1nnc(NC(=O)NCCC(=O)OC(C)C)s1. The highest BCUT2D eigenvalue weighted by Crippen LogP contribution is 2.16. The van der Waals surface area contributed by atoms with Crippen molar-refractivity contribution in [1.82, 2.24) is 15.5 Å². The molecule has 112 valence electrons. The molecule has 0 atom stereocenters. The van der Waals surface area contributed by atoms with Gasteiger partial charge in [0, 0.05) is 13.0 Å². The molecule has 1 rings (SSSR count). The van der Waals surface area contributed by atoms with Gasteiger partial charge in [-0.15, -0.1) is 10.2 Å². The Labute approximate surface area is 122 Å². The molecule has 20 heavy (non-hydrogen) atoms. The minimum absolute atomic E-state index is 0.142. The second-order valence-electron chi connectivity index (χ2n) is 4.42. The molecule has 0 saturated heterocycles. The van der Waals surface area contributed by atoms with Crippen molar-refractivity contribution >= 4 is 28.5 Å². The second-order valence-corrected chi connectivity index (χ2v) is 5.48. The molecule has 0 spiro atoms. The first-order valence-corrected chi connectivity index (χ1v) is 7.39. The van der Waals surface area contributed by atoms with Crippen molar-refractivity contribution in [2.24, 2.45) is 0 Å². The van der Waals surface area contributed by atoms with Crippen LogP contribution in [-0.2, 0) is 16.0 Å². The summed E-state index contributed by atoms with van der Waals surface area (Å²) >= 11 is 1.35. The van der Waals surface area contributed by atoms with Crippen LogP contribution < -0.4 is 10.6 Å². The first-order valence-electron chi connectivity index (χ1n) is 6.58. The van der Waals surface area contributed by atoms with Gasteiger partial charge >= 0.3 is 12.0 Å². The number of aryl methyl sites for hydroxylation is 1. The fraction of sp³-hybridized carbons (Fsp3) is 0.667. The Bertz CT molecular complexity index is 448. The quantitative estimate of drug-likeness (QED) is 0.751. The van der Waals surface area contributed by atoms with Crippen LogP contribution in [0.1, 0.15) is 38.6 Å². The van der Waals surface area contributed by atoms with E-state index in [4.69, 9.17) is 4.74 Å². The van der Waals surface area contributed by atoms with E-state index in [1.807, 2.05) is 0 Å². The lowest BCUT2D eigenvalue weighted by atomic mass is 10.4. The number of aromatic nitrogens is 2. The largest absolute Gasteiger partial charge is 0.463 e. The van der Waals surface area contributed by atoms with Gasteiger partial charge < -0.3 is 10.1 Å². The van der Waals surface area contributed by atoms with Crippen molar-refractivity contribution in [2.75, 3.05) is 11.9 Å². The Balaban J connectivity index is 2.24. The summed E-state index contributed by atoms with van der Waals surface area (Å²) < 4.78 is 4.95. The molecule has 2 amide bonds. The topological polar surface area (TPSA) is 93.2 Å². The number of hydrogen-bond donors (Lipinski definition) is 2. The van der Waals surface area contributed by atoms with Gasteiger partial charge in [-0.2, -0.15) is 0 Å². The number of ether oxygens (including phenoxy) is 1. The van der Waals surface area contributed by atoms with Gasteiger partial charge in [-0.25, -0.2) is 4.79 Å². The smallest absolute Gasteiger partial charge is 0.321 e. The fourth-order valence-corrected chi connectivity index (χ4v) is 2.20. The van der Waals surface area contributed by atoms with E-state index >= 15 is 0 Å². The summed E-state index contributed by atoms with van der Waals surface area (Å²) in [6.07, 6.45) is 1.83. The van der Waals surface area contributed by atoms with E-state index in [-0.39, 0.29) is 25.0 Å². The normalized spacial score (nSPS) is 10.4. The van der Waals surface area contributed by atoms with Crippen molar-refractivity contribution in [3.63, 3.8) is 0 Å². The van der Waals surface area contributed by atoms with Gasteiger partial charge in [0.2, 0.25) is 5.13 Å². The van der Waals surface area contributed by atoms with E-state index in [0.29, 0.717) is 5.13 Å². The molecule has 0 aromatic carbocycles. The van der Waals surface area contributed by atoms with Crippen LogP contribution in [0, 0.1) is 0 Å². The molecule has 1 aromatic heterocycles. The predicted octanol–water partition coefficient (Wildman–Crippen LogP) is 1.95. The van der Waals surface area contributed by atoms with Crippen molar-refractivity contribution in [3.8, 4) is 0 Å². The molecular weight excluding hydrogens is 280 g/mol. The molecule has 0 aliphatic heterocycles. The molecule has 0 fully saturated rings. The first-order chi connectivity index (χ1) is 9.51. The number of amides is 2. The summed E-state index contributed by atoms with van der Waals surface area (Å²) in [6, 6.07) is -0.401. The molecule has 0 aliphatic carbocycles. The van der Waals surface area contributed by atoms with Gasteiger partial charge in [0.05, 0.1) is 12.5 Å². The van der Waals surface area contributed by atoms with Crippen LogP contribution in [0.25, 0.3) is 0 Å². The summed E-state index contributed by atoms with van der Waals surface area (Å²) in [6.45, 7) is 5.83. The fourth-order valence-electron chi connectivity index (χ4n) is 1.36. The van der Waals surface area contributed by atoms with Crippen LogP contribution >= 0.6 is 11.3 Å². The van der Waals surface area contributed by atoms with E-state index < -0.39 is 6.03 Å². The van der Waals surface area contributed by atoms with Gasteiger partial charge in [0.1, 0.15) is 5.01 Å². The third-order valence-electron chi connectivity index (χ3n) is 2.13. The Hall–Kier alpha value is -1.70. The standard InChI is InChI=1S/C12H20N4O3S/c1-4-5-9-15-16-12(20-9)14-11(18)13-7-6-10(17)19-8(2)3/h8H,4-7H2,1-3H3,(H2,13,14,16,18). The number of nitrogens with one attached hydrogen (secondary N) is 2. The van der Waals surface area contributed by atoms with Crippen molar-refractivity contribution < 1.29 is 14.3 Å². The Morgan fingerprint density at radius 1 is 1.35 bits per heavy atom. The molecule has 1 heterocycles. The molecular formula is C12H20N4O3S. The summed E-state index contributed by atoms with van der Waals surface area (Å²) in [4.78, 5) is 22.8. The highest BCUT2D eigenvalue weighted by molar-refractivity contribution is 7.15. The Kier molecular flexibility index (Phi) is 6.92. The molecule has 7 nitrogen and oxygen atoms in total. The average Bonchev–Trinajstić information content (AvgIpc) is 2.76. The number of carbonyl (C=O) groups is 2. The lowest BCUT2D eigenvalue weighted by Crippen LogP contribution is -2.31. The monoisotopic (exact) mass is 300 g/mol. The van der Waals surface area contributed by atoms with Crippen molar-refractivity contribution in [1.29, 1.82) is 0 Å². The molecule has 0 saturated carbocycles. The van der Waals surface area contributed by atoms with Gasteiger partial charge in [-0.1, -0.05) is 18.3 Å². The maximum Gasteiger partial charge on any atom is 0.321 e. The summed E-state index contributed by atoms with van der Waals surface area (Å²) in [5.74, 6) is -0.332. The first kappa shape index (κ1) is 16.4. The molecule has 0 aliphatic rings.